The van der Waals surface area contributed by atoms with Gasteiger partial charge in [-0.1, -0.05) is 6.07 Å². The summed E-state index contributed by atoms with van der Waals surface area (Å²) in [4.78, 5) is 11.0. The molecule has 0 bridgehead atoms. The number of nitrogens with one attached hydrogen (secondary N) is 1. The Morgan fingerprint density at radius 2 is 2.29 bits per heavy atom. The van der Waals surface area contributed by atoms with E-state index >= 15 is 0 Å². The van der Waals surface area contributed by atoms with Crippen molar-refractivity contribution in [2.24, 2.45) is 5.73 Å². The largest absolute Gasteiger partial charge is 0.496 e. The summed E-state index contributed by atoms with van der Waals surface area (Å²) in [6, 6.07) is 5.46. The molecule has 0 aliphatic carbocycles. The Kier molecular flexibility index (Phi) is 3.48. The minimum absolute atomic E-state index is 0.0177. The monoisotopic (exact) mass is 194 g/mol. The van der Waals surface area contributed by atoms with Gasteiger partial charge in [0.2, 0.25) is 5.91 Å². The summed E-state index contributed by atoms with van der Waals surface area (Å²) in [5.41, 5.74) is 6.90. The summed E-state index contributed by atoms with van der Waals surface area (Å²) in [5, 5.41) is 2.65. The molecule has 0 aliphatic heterocycles. The molecule has 0 saturated heterocycles. The first-order valence-corrected chi connectivity index (χ1v) is 4.32. The van der Waals surface area contributed by atoms with Crippen LogP contribution in [0.1, 0.15) is 5.56 Å². The number of nitrogens with two attached hydrogens (primary N) is 1. The van der Waals surface area contributed by atoms with Crippen LogP contribution in [-0.2, 0) is 4.79 Å². The maximum Gasteiger partial charge on any atom is 0.238 e. The van der Waals surface area contributed by atoms with Gasteiger partial charge >= 0.3 is 0 Å². The van der Waals surface area contributed by atoms with E-state index in [-0.39, 0.29) is 12.5 Å². The van der Waals surface area contributed by atoms with E-state index < -0.39 is 0 Å². The predicted octanol–water partition coefficient (Wildman–Crippen LogP) is 0.901. The van der Waals surface area contributed by atoms with Gasteiger partial charge in [-0.2, -0.15) is 0 Å². The number of rotatable bonds is 3. The Labute approximate surface area is 83.1 Å². The first-order valence-electron chi connectivity index (χ1n) is 4.32. The summed E-state index contributed by atoms with van der Waals surface area (Å²) in [7, 11) is 1.59. The summed E-state index contributed by atoms with van der Waals surface area (Å²) in [5.74, 6) is 0.538. The van der Waals surface area contributed by atoms with Gasteiger partial charge in [0.1, 0.15) is 5.75 Å². The highest BCUT2D eigenvalue weighted by atomic mass is 16.5. The van der Waals surface area contributed by atoms with Crippen LogP contribution >= 0.6 is 0 Å². The van der Waals surface area contributed by atoms with Crippen molar-refractivity contribution < 1.29 is 9.53 Å². The fraction of sp³-hybridized carbons (Fsp3) is 0.300. The van der Waals surface area contributed by atoms with E-state index in [9.17, 15) is 4.79 Å². The van der Waals surface area contributed by atoms with Crippen LogP contribution in [0.15, 0.2) is 18.2 Å². The minimum Gasteiger partial charge on any atom is -0.496 e. The molecule has 0 radical (unpaired) electrons. The molecule has 1 rings (SSSR count). The molecule has 3 N–H and O–H groups in total. The van der Waals surface area contributed by atoms with Crippen LogP contribution in [0.2, 0.25) is 0 Å². The molecule has 0 unspecified atom stereocenters. The summed E-state index contributed by atoms with van der Waals surface area (Å²) >= 11 is 0. The molecule has 0 aromatic heterocycles. The summed E-state index contributed by atoms with van der Waals surface area (Å²) in [6.07, 6.45) is 0. The van der Waals surface area contributed by atoms with Crippen molar-refractivity contribution in [3.63, 3.8) is 0 Å². The van der Waals surface area contributed by atoms with Crippen LogP contribution in [0.25, 0.3) is 0 Å². The van der Waals surface area contributed by atoms with Crippen LogP contribution in [0.5, 0.6) is 5.75 Å². The third-order valence-electron chi connectivity index (χ3n) is 1.88. The third-order valence-corrected chi connectivity index (χ3v) is 1.88. The number of aryl methyl sites for hydroxylation is 1. The van der Waals surface area contributed by atoms with Crippen molar-refractivity contribution in [3.8, 4) is 5.75 Å². The fourth-order valence-electron chi connectivity index (χ4n) is 1.11. The molecule has 0 spiro atoms. The van der Waals surface area contributed by atoms with Gasteiger partial charge in [0.05, 0.1) is 13.7 Å². The second-order valence-corrected chi connectivity index (χ2v) is 2.94. The second kappa shape index (κ2) is 4.62. The molecule has 14 heavy (non-hydrogen) atoms. The molecule has 1 amide bonds. The van der Waals surface area contributed by atoms with Crippen LogP contribution in [-0.4, -0.2) is 19.6 Å². The fourth-order valence-corrected chi connectivity index (χ4v) is 1.11. The smallest absolute Gasteiger partial charge is 0.238 e. The van der Waals surface area contributed by atoms with Gasteiger partial charge in [-0.25, -0.2) is 0 Å². The lowest BCUT2D eigenvalue weighted by Crippen LogP contribution is -2.21. The molecule has 4 heteroatoms. The van der Waals surface area contributed by atoms with E-state index in [0.717, 1.165) is 11.3 Å². The SMILES string of the molecule is COc1cc(NC(=O)CN)ccc1C. The molecular formula is C10H14N2O2. The Balaban J connectivity index is 2.84. The average molecular weight is 194 g/mol. The van der Waals surface area contributed by atoms with Gasteiger partial charge in [0.15, 0.2) is 0 Å². The van der Waals surface area contributed by atoms with Crippen molar-refractivity contribution in [1.82, 2.24) is 0 Å². The number of carbonyl (C=O) groups is 1. The molecule has 0 saturated carbocycles. The van der Waals surface area contributed by atoms with Gasteiger partial charge in [0, 0.05) is 11.8 Å². The molecule has 1 aromatic carbocycles. The molecule has 0 fully saturated rings. The van der Waals surface area contributed by atoms with Crippen LogP contribution < -0.4 is 15.8 Å². The van der Waals surface area contributed by atoms with E-state index in [2.05, 4.69) is 5.32 Å². The zero-order valence-electron chi connectivity index (χ0n) is 8.33. The standard InChI is InChI=1S/C10H14N2O2/c1-7-3-4-8(5-9(7)14-2)12-10(13)6-11/h3-5H,6,11H2,1-2H3,(H,12,13). The zero-order valence-corrected chi connectivity index (χ0v) is 8.33. The summed E-state index contributed by atoms with van der Waals surface area (Å²) in [6.45, 7) is 1.92. The lowest BCUT2D eigenvalue weighted by molar-refractivity contribution is -0.114. The highest BCUT2D eigenvalue weighted by Crippen LogP contribution is 2.21. The Morgan fingerprint density at radius 1 is 1.57 bits per heavy atom. The van der Waals surface area contributed by atoms with E-state index in [4.69, 9.17) is 10.5 Å². The van der Waals surface area contributed by atoms with Crippen LogP contribution in [0.4, 0.5) is 5.69 Å². The van der Waals surface area contributed by atoms with E-state index in [1.165, 1.54) is 0 Å². The van der Waals surface area contributed by atoms with Crippen molar-refractivity contribution >= 4 is 11.6 Å². The van der Waals surface area contributed by atoms with Gasteiger partial charge in [-0.15, -0.1) is 0 Å². The molecular weight excluding hydrogens is 180 g/mol. The number of anilines is 1. The number of hydrogen-bond donors (Lipinski definition) is 2. The number of carbonyl (C=O) groups excluding carboxylic acids is 1. The molecule has 0 atom stereocenters. The maximum absolute atomic E-state index is 11.0. The zero-order chi connectivity index (χ0) is 10.6. The molecule has 0 heterocycles. The number of hydrogen-bond acceptors (Lipinski definition) is 3. The Morgan fingerprint density at radius 3 is 2.86 bits per heavy atom. The number of benzene rings is 1. The topological polar surface area (TPSA) is 64.3 Å². The van der Waals surface area contributed by atoms with Crippen LogP contribution in [0, 0.1) is 6.92 Å². The lowest BCUT2D eigenvalue weighted by Gasteiger charge is -2.08. The Hall–Kier alpha value is -1.55. The van der Waals surface area contributed by atoms with Gasteiger partial charge in [-0.3, -0.25) is 4.79 Å². The number of amides is 1. The maximum atomic E-state index is 11.0. The van der Waals surface area contributed by atoms with E-state index in [1.54, 1.807) is 13.2 Å². The minimum atomic E-state index is -0.212. The Bertz CT molecular complexity index is 337. The van der Waals surface area contributed by atoms with E-state index in [1.807, 2.05) is 19.1 Å². The number of ether oxygens (including phenoxy) is 1. The van der Waals surface area contributed by atoms with Crippen molar-refractivity contribution in [3.05, 3.63) is 23.8 Å². The van der Waals surface area contributed by atoms with Crippen LogP contribution in [0.3, 0.4) is 0 Å². The highest BCUT2D eigenvalue weighted by molar-refractivity contribution is 5.92. The predicted molar refractivity (Wildman–Crippen MR) is 55.4 cm³/mol. The quantitative estimate of drug-likeness (QED) is 0.751. The molecule has 76 valence electrons. The van der Waals surface area contributed by atoms with Gasteiger partial charge < -0.3 is 15.8 Å². The first kappa shape index (κ1) is 10.5. The summed E-state index contributed by atoms with van der Waals surface area (Å²) < 4.78 is 5.12. The van der Waals surface area contributed by atoms with Gasteiger partial charge in [0.25, 0.3) is 0 Å². The normalized spacial score (nSPS) is 9.64. The molecule has 0 aliphatic rings. The average Bonchev–Trinajstić information content (AvgIpc) is 2.20. The third kappa shape index (κ3) is 2.47. The molecule has 4 nitrogen and oxygen atoms in total. The van der Waals surface area contributed by atoms with Crippen molar-refractivity contribution in [1.29, 1.82) is 0 Å². The first-order chi connectivity index (χ1) is 6.67. The molecule has 1 aromatic rings. The van der Waals surface area contributed by atoms with E-state index in [0.29, 0.717) is 5.69 Å². The second-order valence-electron chi connectivity index (χ2n) is 2.94. The van der Waals surface area contributed by atoms with Crippen molar-refractivity contribution in [2.75, 3.05) is 19.0 Å². The van der Waals surface area contributed by atoms with Gasteiger partial charge in [-0.05, 0) is 18.6 Å². The lowest BCUT2D eigenvalue weighted by atomic mass is 10.2. The number of methoxy groups -OCH3 is 1. The highest BCUT2D eigenvalue weighted by Gasteiger charge is 2.02. The van der Waals surface area contributed by atoms with Crippen molar-refractivity contribution in [2.45, 2.75) is 6.92 Å².